The summed E-state index contributed by atoms with van der Waals surface area (Å²) in [7, 11) is 1.70. The van der Waals surface area contributed by atoms with E-state index in [-0.39, 0.29) is 35.9 Å². The molecule has 0 aliphatic carbocycles. The van der Waals surface area contributed by atoms with Crippen LogP contribution in [0, 0.1) is 0 Å². The fourth-order valence-corrected chi connectivity index (χ4v) is 3.50. The van der Waals surface area contributed by atoms with Crippen LogP contribution in [0.2, 0.25) is 0 Å². The van der Waals surface area contributed by atoms with Crippen LogP contribution in [0.25, 0.3) is 0 Å². The van der Waals surface area contributed by atoms with Gasteiger partial charge in [-0.15, -0.1) is 24.0 Å². The number of nitrogens with one attached hydrogen (secondary N) is 3. The molecule has 1 fully saturated rings. The topological polar surface area (TPSA) is 78.0 Å². The van der Waals surface area contributed by atoms with Crippen LogP contribution >= 0.6 is 24.0 Å². The summed E-state index contributed by atoms with van der Waals surface area (Å²) in [6.45, 7) is 9.02. The highest BCUT2D eigenvalue weighted by atomic mass is 127. The number of amides is 1. The molecule has 1 unspecified atom stereocenters. The maximum Gasteiger partial charge on any atom is 0.221 e. The van der Waals surface area contributed by atoms with E-state index in [4.69, 9.17) is 9.73 Å². The number of benzene rings is 1. The second-order valence-corrected chi connectivity index (χ2v) is 7.28. The number of carbonyl (C=O) groups excluding carboxylic acids is 1. The summed E-state index contributed by atoms with van der Waals surface area (Å²) < 4.78 is 5.42. The summed E-state index contributed by atoms with van der Waals surface area (Å²) in [5.74, 6) is 1.70. The number of methoxy groups -OCH3 is 1. The van der Waals surface area contributed by atoms with Crippen molar-refractivity contribution in [2.45, 2.75) is 45.6 Å². The molecule has 1 aromatic carbocycles. The van der Waals surface area contributed by atoms with Gasteiger partial charge in [0.15, 0.2) is 5.96 Å². The third kappa shape index (κ3) is 9.07. The smallest absolute Gasteiger partial charge is 0.221 e. The lowest BCUT2D eigenvalue weighted by atomic mass is 10.1. The Morgan fingerprint density at radius 2 is 1.93 bits per heavy atom. The summed E-state index contributed by atoms with van der Waals surface area (Å²) in [6, 6.07) is 8.49. The molecular weight excluding hydrogens is 493 g/mol. The lowest BCUT2D eigenvalue weighted by Crippen LogP contribution is -2.40. The van der Waals surface area contributed by atoms with Crippen LogP contribution in [-0.4, -0.2) is 63.1 Å². The van der Waals surface area contributed by atoms with E-state index in [1.54, 1.807) is 7.11 Å². The maximum absolute atomic E-state index is 11.8. The van der Waals surface area contributed by atoms with Crippen molar-refractivity contribution in [1.82, 2.24) is 20.9 Å². The molecule has 0 aromatic heterocycles. The van der Waals surface area contributed by atoms with Crippen LogP contribution in [0.1, 0.15) is 51.1 Å². The molecule has 3 N–H and O–H groups in total. The van der Waals surface area contributed by atoms with Crippen LogP contribution in [0.5, 0.6) is 5.75 Å². The molecule has 0 spiro atoms. The summed E-state index contributed by atoms with van der Waals surface area (Å²) in [5.41, 5.74) is 1.23. The zero-order valence-corrected chi connectivity index (χ0v) is 20.9. The van der Waals surface area contributed by atoms with Gasteiger partial charge in [0.1, 0.15) is 5.75 Å². The van der Waals surface area contributed by atoms with Crippen molar-refractivity contribution in [2.24, 2.45) is 4.99 Å². The van der Waals surface area contributed by atoms with Crippen molar-refractivity contribution in [3.63, 3.8) is 0 Å². The van der Waals surface area contributed by atoms with Gasteiger partial charge >= 0.3 is 0 Å². The number of ether oxygens (including phenoxy) is 1. The third-order valence-electron chi connectivity index (χ3n) is 5.04. The predicted octanol–water partition coefficient (Wildman–Crippen LogP) is 2.92. The molecule has 0 bridgehead atoms. The lowest BCUT2D eigenvalue weighted by Gasteiger charge is -2.27. The van der Waals surface area contributed by atoms with Gasteiger partial charge in [-0.2, -0.15) is 0 Å². The quantitative estimate of drug-likeness (QED) is 0.233. The first-order valence-corrected chi connectivity index (χ1v) is 10.8. The van der Waals surface area contributed by atoms with Gasteiger partial charge in [0.05, 0.1) is 19.7 Å². The monoisotopic (exact) mass is 531 g/mol. The van der Waals surface area contributed by atoms with Crippen molar-refractivity contribution in [3.05, 3.63) is 29.8 Å². The molecule has 7 nitrogen and oxygen atoms in total. The van der Waals surface area contributed by atoms with Crippen molar-refractivity contribution in [1.29, 1.82) is 0 Å². The number of guanidine groups is 1. The molecule has 0 saturated carbocycles. The van der Waals surface area contributed by atoms with E-state index < -0.39 is 0 Å². The fraction of sp³-hybridized carbons (Fsp3) is 0.636. The summed E-state index contributed by atoms with van der Waals surface area (Å²) in [5, 5.41) is 9.47. The minimum absolute atomic E-state index is 0. The molecule has 30 heavy (non-hydrogen) atoms. The van der Waals surface area contributed by atoms with E-state index >= 15 is 0 Å². The summed E-state index contributed by atoms with van der Waals surface area (Å²) in [6.07, 6.45) is 3.85. The predicted molar refractivity (Wildman–Crippen MR) is 134 cm³/mol. The first-order chi connectivity index (χ1) is 14.2. The van der Waals surface area contributed by atoms with Gasteiger partial charge in [-0.3, -0.25) is 14.7 Å². The van der Waals surface area contributed by atoms with Crippen LogP contribution < -0.4 is 20.7 Å². The second kappa shape index (κ2) is 15.3. The lowest BCUT2D eigenvalue weighted by molar-refractivity contribution is -0.120. The molecule has 0 radical (unpaired) electrons. The summed E-state index contributed by atoms with van der Waals surface area (Å²) >= 11 is 0. The van der Waals surface area contributed by atoms with Crippen LogP contribution in [-0.2, 0) is 4.79 Å². The fourth-order valence-electron chi connectivity index (χ4n) is 3.50. The number of hydrogen-bond acceptors (Lipinski definition) is 4. The van der Waals surface area contributed by atoms with Crippen molar-refractivity contribution in [2.75, 3.05) is 46.4 Å². The Morgan fingerprint density at radius 3 is 2.60 bits per heavy atom. The Bertz CT molecular complexity index is 650. The average molecular weight is 531 g/mol. The SMILES string of the molecule is CCCNC(=O)CCNC(=NCC(c1cccc(OC)c1)N1CCCC1)NCC.I. The Morgan fingerprint density at radius 1 is 1.17 bits per heavy atom. The number of rotatable bonds is 11. The molecule has 2 rings (SSSR count). The van der Waals surface area contributed by atoms with E-state index in [1.165, 1.54) is 18.4 Å². The van der Waals surface area contributed by atoms with E-state index in [1.807, 2.05) is 26.0 Å². The minimum Gasteiger partial charge on any atom is -0.497 e. The molecule has 1 amide bonds. The van der Waals surface area contributed by atoms with Gasteiger partial charge in [0.2, 0.25) is 5.91 Å². The largest absolute Gasteiger partial charge is 0.497 e. The van der Waals surface area contributed by atoms with Gasteiger partial charge < -0.3 is 20.7 Å². The van der Waals surface area contributed by atoms with Crippen molar-refractivity contribution < 1.29 is 9.53 Å². The highest BCUT2D eigenvalue weighted by molar-refractivity contribution is 14.0. The minimum atomic E-state index is 0. The van der Waals surface area contributed by atoms with Crippen molar-refractivity contribution in [3.8, 4) is 5.75 Å². The van der Waals surface area contributed by atoms with Gasteiger partial charge in [0.25, 0.3) is 0 Å². The van der Waals surface area contributed by atoms with Gasteiger partial charge in [-0.1, -0.05) is 19.1 Å². The zero-order valence-electron chi connectivity index (χ0n) is 18.6. The van der Waals surface area contributed by atoms with Gasteiger partial charge in [0, 0.05) is 26.1 Å². The van der Waals surface area contributed by atoms with Crippen LogP contribution in [0.15, 0.2) is 29.3 Å². The molecule has 1 heterocycles. The molecule has 1 aliphatic rings. The normalized spacial score (nSPS) is 15.2. The number of carbonyl (C=O) groups is 1. The molecular formula is C22H38IN5O2. The first-order valence-electron chi connectivity index (χ1n) is 10.8. The number of hydrogen-bond donors (Lipinski definition) is 3. The maximum atomic E-state index is 11.8. The van der Waals surface area contributed by atoms with Crippen LogP contribution in [0.4, 0.5) is 0 Å². The molecule has 1 saturated heterocycles. The van der Waals surface area contributed by atoms with E-state index in [0.717, 1.165) is 44.3 Å². The highest BCUT2D eigenvalue weighted by Crippen LogP contribution is 2.27. The Labute approximate surface area is 198 Å². The summed E-state index contributed by atoms with van der Waals surface area (Å²) in [4.78, 5) is 19.1. The van der Waals surface area contributed by atoms with Gasteiger partial charge in [-0.25, -0.2) is 0 Å². The van der Waals surface area contributed by atoms with E-state index in [0.29, 0.717) is 19.5 Å². The number of nitrogens with zero attached hydrogens (tertiary/aromatic N) is 2. The molecule has 1 atom stereocenters. The molecule has 1 aromatic rings. The highest BCUT2D eigenvalue weighted by Gasteiger charge is 2.23. The number of likely N-dealkylation sites (tertiary alicyclic amines) is 1. The Balaban J connectivity index is 0.00000450. The Hall–Kier alpha value is -1.55. The van der Waals surface area contributed by atoms with Crippen LogP contribution in [0.3, 0.4) is 0 Å². The van der Waals surface area contributed by atoms with E-state index in [9.17, 15) is 4.79 Å². The first kappa shape index (κ1) is 26.5. The molecule has 170 valence electrons. The van der Waals surface area contributed by atoms with E-state index in [2.05, 4.69) is 33.0 Å². The molecule has 8 heteroatoms. The average Bonchev–Trinajstić information content (AvgIpc) is 3.27. The number of halogens is 1. The zero-order chi connectivity index (χ0) is 20.9. The molecule has 1 aliphatic heterocycles. The van der Waals surface area contributed by atoms with Crippen molar-refractivity contribution >= 4 is 35.8 Å². The second-order valence-electron chi connectivity index (χ2n) is 7.28. The third-order valence-corrected chi connectivity index (χ3v) is 5.04. The Kier molecular flexibility index (Phi) is 13.5. The standard InChI is InChI=1S/C22H37N5O2.HI/c1-4-12-24-21(28)11-13-25-22(23-5-2)26-17-20(27-14-6-7-15-27)18-9-8-10-19(16-18)29-3;/h8-10,16,20H,4-7,11-15,17H2,1-3H3,(H,24,28)(H2,23,25,26);1H. The number of aliphatic imine (C=N–C) groups is 1. The van der Waals surface area contributed by atoms with Gasteiger partial charge in [-0.05, 0) is 57.0 Å².